The lowest BCUT2D eigenvalue weighted by Gasteiger charge is -2.29. The van der Waals surface area contributed by atoms with Crippen LogP contribution in [-0.4, -0.2) is 60.4 Å². The molecule has 122 valence electrons. The van der Waals surface area contributed by atoms with E-state index in [9.17, 15) is 9.90 Å². The second-order valence-corrected chi connectivity index (χ2v) is 6.91. The number of carboxylic acid groups (broad SMARTS) is 1. The van der Waals surface area contributed by atoms with Gasteiger partial charge in [0.25, 0.3) is 0 Å². The van der Waals surface area contributed by atoms with E-state index in [1.165, 1.54) is 12.8 Å². The first-order chi connectivity index (χ1) is 9.99. The van der Waals surface area contributed by atoms with Crippen molar-refractivity contribution in [1.29, 1.82) is 0 Å². The quantitative estimate of drug-likeness (QED) is 0.680. The molecule has 0 aromatic rings. The van der Waals surface area contributed by atoms with Gasteiger partial charge >= 0.3 is 5.97 Å². The Morgan fingerprint density at radius 2 is 2.14 bits per heavy atom. The van der Waals surface area contributed by atoms with Crippen LogP contribution >= 0.6 is 0 Å². The van der Waals surface area contributed by atoms with Crippen LogP contribution in [0.15, 0.2) is 0 Å². The number of hydrogen-bond acceptors (Lipinski definition) is 4. The summed E-state index contributed by atoms with van der Waals surface area (Å²) >= 11 is 0. The van der Waals surface area contributed by atoms with Gasteiger partial charge in [-0.25, -0.2) is 0 Å². The molecule has 0 bridgehead atoms. The summed E-state index contributed by atoms with van der Waals surface area (Å²) in [6.07, 6.45) is 7.76. The minimum absolute atomic E-state index is 0.360. The molecule has 0 aromatic carbocycles. The van der Waals surface area contributed by atoms with Crippen LogP contribution in [0.2, 0.25) is 0 Å². The Hall–Kier alpha value is -0.650. The number of ether oxygens (including phenoxy) is 1. The molecular weight excluding hydrogens is 268 g/mol. The molecule has 2 rings (SSSR count). The van der Waals surface area contributed by atoms with Gasteiger partial charge in [-0.15, -0.1) is 0 Å². The summed E-state index contributed by atoms with van der Waals surface area (Å²) in [7, 11) is 2.10. The molecule has 1 saturated carbocycles. The third-order valence-corrected chi connectivity index (χ3v) is 4.58. The lowest BCUT2D eigenvalue weighted by Crippen LogP contribution is -2.50. The molecule has 2 fully saturated rings. The molecule has 1 saturated heterocycles. The standard InChI is InChI=1S/C16H30N2O3/c1-16(15(19)20,17-13-7-8-13)9-5-10-18(2)12-14-6-3-4-11-21-14/h13-14,17H,3-12H2,1-2H3,(H,19,20). The van der Waals surface area contributed by atoms with Crippen LogP contribution in [0.3, 0.4) is 0 Å². The highest BCUT2D eigenvalue weighted by Gasteiger charge is 2.37. The van der Waals surface area contributed by atoms with Crippen molar-refractivity contribution in [3.63, 3.8) is 0 Å². The second-order valence-electron chi connectivity index (χ2n) is 6.91. The molecule has 5 heteroatoms. The number of hydrogen-bond donors (Lipinski definition) is 2. The minimum Gasteiger partial charge on any atom is -0.480 e. The van der Waals surface area contributed by atoms with Crippen molar-refractivity contribution in [3.05, 3.63) is 0 Å². The van der Waals surface area contributed by atoms with Gasteiger partial charge in [-0.2, -0.15) is 0 Å². The summed E-state index contributed by atoms with van der Waals surface area (Å²) in [5, 5.41) is 12.7. The molecule has 2 aliphatic rings. The average molecular weight is 298 g/mol. The van der Waals surface area contributed by atoms with Crippen molar-refractivity contribution in [1.82, 2.24) is 10.2 Å². The van der Waals surface area contributed by atoms with E-state index in [-0.39, 0.29) is 0 Å². The van der Waals surface area contributed by atoms with Crippen LogP contribution in [0, 0.1) is 0 Å². The van der Waals surface area contributed by atoms with Crippen LogP contribution in [0.4, 0.5) is 0 Å². The molecule has 5 nitrogen and oxygen atoms in total. The van der Waals surface area contributed by atoms with Gasteiger partial charge in [0.05, 0.1) is 6.10 Å². The predicted molar refractivity (Wildman–Crippen MR) is 82.5 cm³/mol. The van der Waals surface area contributed by atoms with E-state index in [1.807, 2.05) is 6.92 Å². The summed E-state index contributed by atoms with van der Waals surface area (Å²) in [6.45, 7) is 4.59. The highest BCUT2D eigenvalue weighted by molar-refractivity contribution is 5.78. The predicted octanol–water partition coefficient (Wildman–Crippen LogP) is 1.86. The van der Waals surface area contributed by atoms with Gasteiger partial charge in [0.2, 0.25) is 0 Å². The van der Waals surface area contributed by atoms with Crippen molar-refractivity contribution in [2.45, 2.75) is 69.6 Å². The maximum Gasteiger partial charge on any atom is 0.323 e. The maximum absolute atomic E-state index is 11.5. The fourth-order valence-electron chi connectivity index (χ4n) is 3.01. The zero-order valence-electron chi connectivity index (χ0n) is 13.4. The van der Waals surface area contributed by atoms with Crippen LogP contribution in [0.5, 0.6) is 0 Å². The summed E-state index contributed by atoms with van der Waals surface area (Å²) < 4.78 is 5.75. The largest absolute Gasteiger partial charge is 0.480 e. The van der Waals surface area contributed by atoms with E-state index in [0.717, 1.165) is 45.4 Å². The highest BCUT2D eigenvalue weighted by atomic mass is 16.5. The van der Waals surface area contributed by atoms with E-state index in [2.05, 4.69) is 17.3 Å². The molecule has 0 aromatic heterocycles. The Kier molecular flexibility index (Phi) is 6.02. The molecular formula is C16H30N2O3. The molecule has 0 radical (unpaired) electrons. The second kappa shape index (κ2) is 7.56. The minimum atomic E-state index is -0.774. The Morgan fingerprint density at radius 1 is 1.38 bits per heavy atom. The molecule has 1 aliphatic carbocycles. The van der Waals surface area contributed by atoms with Crippen molar-refractivity contribution in [2.75, 3.05) is 26.7 Å². The number of aliphatic carboxylic acids is 1. The first kappa shape index (κ1) is 16.7. The van der Waals surface area contributed by atoms with Crippen molar-refractivity contribution in [3.8, 4) is 0 Å². The van der Waals surface area contributed by atoms with E-state index in [1.54, 1.807) is 0 Å². The van der Waals surface area contributed by atoms with Crippen molar-refractivity contribution in [2.24, 2.45) is 0 Å². The lowest BCUT2D eigenvalue weighted by molar-refractivity contribution is -0.144. The third-order valence-electron chi connectivity index (χ3n) is 4.58. The van der Waals surface area contributed by atoms with Gasteiger partial charge in [0.15, 0.2) is 0 Å². The molecule has 0 amide bonds. The molecule has 0 spiro atoms. The average Bonchev–Trinajstić information content (AvgIpc) is 3.23. The first-order valence-corrected chi connectivity index (χ1v) is 8.31. The normalized spacial score (nSPS) is 25.8. The SMILES string of the molecule is CN(CCCC(C)(NC1CC1)C(=O)O)CC1CCCCO1. The molecule has 21 heavy (non-hydrogen) atoms. The number of nitrogens with one attached hydrogen (secondary N) is 1. The van der Waals surface area contributed by atoms with Crippen LogP contribution < -0.4 is 5.32 Å². The summed E-state index contributed by atoms with van der Waals surface area (Å²) in [5.74, 6) is -0.729. The van der Waals surface area contributed by atoms with E-state index in [0.29, 0.717) is 18.6 Å². The van der Waals surface area contributed by atoms with Gasteiger partial charge in [-0.1, -0.05) is 0 Å². The van der Waals surface area contributed by atoms with Gasteiger partial charge in [0.1, 0.15) is 5.54 Å². The summed E-state index contributed by atoms with van der Waals surface area (Å²) in [5.41, 5.74) is -0.774. The Morgan fingerprint density at radius 3 is 2.71 bits per heavy atom. The number of carbonyl (C=O) groups is 1. The third kappa shape index (κ3) is 5.57. The molecule has 1 heterocycles. The molecule has 1 aliphatic heterocycles. The fourth-order valence-corrected chi connectivity index (χ4v) is 3.01. The van der Waals surface area contributed by atoms with Crippen LogP contribution in [0.25, 0.3) is 0 Å². The zero-order chi connectivity index (χ0) is 15.3. The summed E-state index contributed by atoms with van der Waals surface area (Å²) in [6, 6.07) is 0.416. The number of likely N-dealkylation sites (N-methyl/N-ethyl adjacent to an activating group) is 1. The van der Waals surface area contributed by atoms with E-state index >= 15 is 0 Å². The number of carboxylic acids is 1. The zero-order valence-corrected chi connectivity index (χ0v) is 13.4. The van der Waals surface area contributed by atoms with E-state index < -0.39 is 11.5 Å². The van der Waals surface area contributed by atoms with Crippen LogP contribution in [0.1, 0.15) is 51.9 Å². The fraction of sp³-hybridized carbons (Fsp3) is 0.938. The van der Waals surface area contributed by atoms with Crippen LogP contribution in [-0.2, 0) is 9.53 Å². The van der Waals surface area contributed by atoms with Gasteiger partial charge < -0.3 is 14.7 Å². The molecule has 2 N–H and O–H groups in total. The number of rotatable bonds is 9. The van der Waals surface area contributed by atoms with E-state index in [4.69, 9.17) is 4.74 Å². The monoisotopic (exact) mass is 298 g/mol. The van der Waals surface area contributed by atoms with Gasteiger partial charge in [0, 0.05) is 19.2 Å². The Bertz CT molecular complexity index is 340. The summed E-state index contributed by atoms with van der Waals surface area (Å²) in [4.78, 5) is 13.8. The lowest BCUT2D eigenvalue weighted by atomic mass is 9.95. The van der Waals surface area contributed by atoms with Gasteiger partial charge in [-0.05, 0) is 65.5 Å². The maximum atomic E-state index is 11.5. The first-order valence-electron chi connectivity index (χ1n) is 8.31. The topological polar surface area (TPSA) is 61.8 Å². The Balaban J connectivity index is 1.67. The molecule has 2 atom stereocenters. The van der Waals surface area contributed by atoms with Crippen molar-refractivity contribution < 1.29 is 14.6 Å². The van der Waals surface area contributed by atoms with Gasteiger partial charge in [-0.3, -0.25) is 10.1 Å². The van der Waals surface area contributed by atoms with Crippen molar-refractivity contribution >= 4 is 5.97 Å². The highest BCUT2D eigenvalue weighted by Crippen LogP contribution is 2.25. The smallest absolute Gasteiger partial charge is 0.323 e. The molecule has 2 unspecified atom stereocenters. The number of nitrogens with zero attached hydrogens (tertiary/aromatic N) is 1. The Labute approximate surface area is 128 Å².